The molecule has 0 bridgehead atoms. The molecule has 4 N–H and O–H groups in total. The van der Waals surface area contributed by atoms with Crippen LogP contribution < -0.4 is 0 Å². The van der Waals surface area contributed by atoms with E-state index in [1.54, 1.807) is 83.1 Å². The molecule has 0 aliphatic heterocycles. The van der Waals surface area contributed by atoms with Gasteiger partial charge in [0.1, 0.15) is 0 Å². The summed E-state index contributed by atoms with van der Waals surface area (Å²) in [6.45, 7) is 19.9. The van der Waals surface area contributed by atoms with Crippen LogP contribution >= 0.6 is 0 Å². The van der Waals surface area contributed by atoms with E-state index >= 15 is 0 Å². The van der Waals surface area contributed by atoms with Crippen molar-refractivity contribution in [2.45, 2.75) is 83.1 Å². The van der Waals surface area contributed by atoms with Crippen molar-refractivity contribution >= 4 is 23.9 Å². The fourth-order valence-corrected chi connectivity index (χ4v) is 0. The van der Waals surface area contributed by atoms with Gasteiger partial charge in [-0.25, -0.2) is 0 Å². The van der Waals surface area contributed by atoms with E-state index in [0.717, 1.165) is 0 Å². The van der Waals surface area contributed by atoms with E-state index in [-0.39, 0.29) is 21.7 Å². The van der Waals surface area contributed by atoms with Crippen LogP contribution in [-0.4, -0.2) is 44.3 Å². The number of hydrogen-bond acceptors (Lipinski definition) is 4. The zero-order chi connectivity index (χ0) is 24.3. The van der Waals surface area contributed by atoms with Crippen molar-refractivity contribution in [2.75, 3.05) is 0 Å². The molecule has 0 fully saturated rings. The first-order chi connectivity index (χ1) is 11.8. The zero-order valence-electron chi connectivity index (χ0n) is 19.9. The van der Waals surface area contributed by atoms with Gasteiger partial charge in [0.05, 0.1) is 21.7 Å². The third-order valence-corrected chi connectivity index (χ3v) is 2.57. The van der Waals surface area contributed by atoms with E-state index in [1.807, 2.05) is 0 Å². The summed E-state index contributed by atoms with van der Waals surface area (Å²) in [5, 5.41) is 33.0. The van der Waals surface area contributed by atoms with Crippen LogP contribution in [0.1, 0.15) is 83.1 Å². The Hall–Kier alpha value is -1.41. The number of carboxylic acids is 4. The van der Waals surface area contributed by atoms with Crippen LogP contribution in [0, 0.1) is 21.7 Å². The molecule has 0 atom stereocenters. The summed E-state index contributed by atoms with van der Waals surface area (Å²) in [5.41, 5.74) is -2.33. The van der Waals surface area contributed by atoms with Crippen LogP contribution in [0.25, 0.3) is 0 Å². The quantitative estimate of drug-likeness (QED) is 0.390. The summed E-state index contributed by atoms with van der Waals surface area (Å²) in [5.74, 6) is -3.03. The molecule has 0 radical (unpaired) electrons. The maximum Gasteiger partial charge on any atom is 0.308 e. The van der Waals surface area contributed by atoms with Crippen molar-refractivity contribution in [3.8, 4) is 0 Å². The Labute approximate surface area is 190 Å². The topological polar surface area (TPSA) is 149 Å². The molecule has 0 aliphatic rings. The molecule has 0 amide bonds. The smallest absolute Gasteiger partial charge is 0.308 e. The third-order valence-electron chi connectivity index (χ3n) is 2.57. The van der Waals surface area contributed by atoms with Gasteiger partial charge in [-0.05, 0) is 83.1 Å². The van der Waals surface area contributed by atoms with Gasteiger partial charge >= 0.3 is 23.9 Å². The summed E-state index contributed by atoms with van der Waals surface area (Å²) < 4.78 is 0. The van der Waals surface area contributed by atoms with E-state index in [0.29, 0.717) is 0 Å². The van der Waals surface area contributed by atoms with Crippen molar-refractivity contribution in [3.05, 3.63) is 0 Å². The van der Waals surface area contributed by atoms with Crippen LogP contribution in [0.3, 0.4) is 0 Å². The minimum absolute atomic E-state index is 0. The first-order valence-corrected chi connectivity index (χ1v) is 8.71. The Morgan fingerprint density at radius 1 is 0.379 bits per heavy atom. The monoisotopic (exact) mass is 456 g/mol. The molecule has 0 saturated carbocycles. The summed E-state index contributed by atoms with van der Waals surface area (Å²) in [6, 6.07) is 0. The predicted molar refractivity (Wildman–Crippen MR) is 108 cm³/mol. The van der Waals surface area contributed by atoms with Gasteiger partial charge in [-0.15, -0.1) is 0 Å². The number of aliphatic carboxylic acids is 4. The van der Waals surface area contributed by atoms with E-state index in [2.05, 4.69) is 0 Å². The summed E-state index contributed by atoms with van der Waals surface area (Å²) in [6.07, 6.45) is 0. The fraction of sp³-hybridized carbons (Fsp3) is 0.800. The number of rotatable bonds is 0. The fourth-order valence-electron chi connectivity index (χ4n) is 0. The second-order valence-electron chi connectivity index (χ2n) is 10.2. The largest absolute Gasteiger partial charge is 0.481 e. The van der Waals surface area contributed by atoms with Crippen molar-refractivity contribution < 1.29 is 61.3 Å². The van der Waals surface area contributed by atoms with Gasteiger partial charge in [0.2, 0.25) is 0 Å². The molecule has 0 aliphatic carbocycles. The number of hydrogen-bond donors (Lipinski definition) is 4. The molecule has 0 saturated heterocycles. The molecule has 29 heavy (non-hydrogen) atoms. The van der Waals surface area contributed by atoms with Crippen LogP contribution in [0.4, 0.5) is 0 Å². The Bertz CT molecular complexity index is 417. The van der Waals surface area contributed by atoms with Crippen molar-refractivity contribution in [2.24, 2.45) is 21.7 Å². The van der Waals surface area contributed by atoms with Gasteiger partial charge in [0.25, 0.3) is 0 Å². The van der Waals surface area contributed by atoms with Crippen LogP contribution in [0.5, 0.6) is 0 Å². The van der Waals surface area contributed by atoms with Gasteiger partial charge < -0.3 is 20.4 Å². The minimum atomic E-state index is -0.757. The van der Waals surface area contributed by atoms with Crippen LogP contribution in [0.2, 0.25) is 0 Å². The second kappa shape index (κ2) is 14.6. The Morgan fingerprint density at radius 2 is 0.414 bits per heavy atom. The van der Waals surface area contributed by atoms with E-state index in [4.69, 9.17) is 20.4 Å². The van der Waals surface area contributed by atoms with Crippen molar-refractivity contribution in [3.63, 3.8) is 0 Å². The Balaban J connectivity index is -0.0000000873. The van der Waals surface area contributed by atoms with E-state index in [9.17, 15) is 19.2 Å². The minimum Gasteiger partial charge on any atom is -0.481 e. The summed E-state index contributed by atoms with van der Waals surface area (Å²) >= 11 is 0. The van der Waals surface area contributed by atoms with E-state index in [1.165, 1.54) is 0 Å². The number of carboxylic acid groups (broad SMARTS) is 4. The van der Waals surface area contributed by atoms with Gasteiger partial charge in [-0.1, -0.05) is 0 Å². The first kappa shape index (κ1) is 38.2. The van der Waals surface area contributed by atoms with Crippen molar-refractivity contribution in [1.29, 1.82) is 0 Å². The third kappa shape index (κ3) is 31.5. The first-order valence-electron chi connectivity index (χ1n) is 8.71. The molecular formula is C20H40O8Ti. The average Bonchev–Trinajstić information content (AvgIpc) is 2.35. The molecular weight excluding hydrogens is 416 g/mol. The molecule has 172 valence electrons. The van der Waals surface area contributed by atoms with Gasteiger partial charge in [-0.3, -0.25) is 19.2 Å². The second-order valence-corrected chi connectivity index (χ2v) is 10.2. The number of carbonyl (C=O) groups is 4. The van der Waals surface area contributed by atoms with E-state index < -0.39 is 45.5 Å². The van der Waals surface area contributed by atoms with Crippen LogP contribution in [-0.2, 0) is 40.9 Å². The normalized spacial score (nSPS) is 10.9. The molecule has 0 aromatic heterocycles. The summed E-state index contributed by atoms with van der Waals surface area (Å²) in [4.78, 5) is 40.1. The Kier molecular flexibility index (Phi) is 19.2. The molecule has 9 heteroatoms. The van der Waals surface area contributed by atoms with Gasteiger partial charge in [-0.2, -0.15) is 0 Å². The molecule has 0 rings (SSSR count). The zero-order valence-corrected chi connectivity index (χ0v) is 21.5. The van der Waals surface area contributed by atoms with Gasteiger partial charge in [0.15, 0.2) is 0 Å². The van der Waals surface area contributed by atoms with Gasteiger partial charge in [0, 0.05) is 21.7 Å². The maximum absolute atomic E-state index is 10.0. The summed E-state index contributed by atoms with van der Waals surface area (Å²) in [7, 11) is 0. The maximum atomic E-state index is 10.0. The molecule has 0 spiro atoms. The molecule has 0 aromatic carbocycles. The van der Waals surface area contributed by atoms with Crippen molar-refractivity contribution in [1.82, 2.24) is 0 Å². The SMILES string of the molecule is CC(C)(C)C(=O)O.CC(C)(C)C(=O)O.CC(C)(C)C(=O)O.CC(C)(C)C(=O)O.[Ti]. The predicted octanol–water partition coefficient (Wildman–Crippen LogP) is 4.47. The average molecular weight is 456 g/mol. The molecule has 0 unspecified atom stereocenters. The van der Waals surface area contributed by atoms with Crippen LogP contribution in [0.15, 0.2) is 0 Å². The molecule has 8 nitrogen and oxygen atoms in total. The standard InChI is InChI=1S/4C5H10O2.Ti/c4*1-5(2,3)4(6)7;/h4*1-3H3,(H,6,7);. The molecule has 0 heterocycles. The Morgan fingerprint density at radius 3 is 0.414 bits per heavy atom. The molecule has 0 aromatic rings.